The molecule has 1 aromatic carbocycles. The van der Waals surface area contributed by atoms with Gasteiger partial charge in [0.2, 0.25) is 0 Å². The molecule has 19 heavy (non-hydrogen) atoms. The van der Waals surface area contributed by atoms with Gasteiger partial charge in [-0.15, -0.1) is 11.3 Å². The minimum Gasteiger partial charge on any atom is -0.305 e. The van der Waals surface area contributed by atoms with E-state index in [2.05, 4.69) is 34.2 Å². The lowest BCUT2D eigenvalue weighted by Gasteiger charge is -2.12. The van der Waals surface area contributed by atoms with Gasteiger partial charge in [-0.1, -0.05) is 12.1 Å². The second-order valence-electron chi connectivity index (χ2n) is 4.16. The van der Waals surface area contributed by atoms with Gasteiger partial charge in [0.25, 0.3) is 5.69 Å². The van der Waals surface area contributed by atoms with Crippen LogP contribution in [0.4, 0.5) is 5.69 Å². The van der Waals surface area contributed by atoms with Gasteiger partial charge in [-0.3, -0.25) is 10.1 Å². The molecule has 0 saturated carbocycles. The van der Waals surface area contributed by atoms with E-state index in [1.165, 1.54) is 4.88 Å². The fourth-order valence-electron chi connectivity index (χ4n) is 1.72. The number of hydrogen-bond donors (Lipinski definition) is 1. The zero-order chi connectivity index (χ0) is 13.8. The third-order valence-electron chi connectivity index (χ3n) is 2.79. The highest BCUT2D eigenvalue weighted by Crippen LogP contribution is 2.26. The topological polar surface area (TPSA) is 55.2 Å². The van der Waals surface area contributed by atoms with Gasteiger partial charge >= 0.3 is 0 Å². The molecule has 6 heteroatoms. The van der Waals surface area contributed by atoms with Gasteiger partial charge in [0.05, 0.1) is 9.40 Å². The minimum atomic E-state index is -0.379. The Morgan fingerprint density at radius 3 is 2.89 bits per heavy atom. The molecule has 0 aliphatic carbocycles. The third kappa shape index (κ3) is 3.62. The first-order chi connectivity index (χ1) is 9.08. The standard InChI is InChI=1S/C13H13BrN2O2S/c1-9(13-3-2-6-19-13)15-8-10-4-5-11(14)12(7-10)16(17)18/h2-7,9,15H,8H2,1H3/t9-/m0/s1. The lowest BCUT2D eigenvalue weighted by molar-refractivity contribution is -0.385. The molecule has 1 atom stereocenters. The van der Waals surface area contributed by atoms with Crippen LogP contribution in [0.25, 0.3) is 0 Å². The molecular weight excluding hydrogens is 328 g/mol. The SMILES string of the molecule is C[C@H](NCc1ccc(Br)c([N+](=O)[O-])c1)c1cccs1. The van der Waals surface area contributed by atoms with E-state index >= 15 is 0 Å². The molecule has 0 amide bonds. The Hall–Kier alpha value is -1.24. The highest BCUT2D eigenvalue weighted by molar-refractivity contribution is 9.10. The second kappa shape index (κ2) is 6.27. The number of nitro groups is 1. The zero-order valence-corrected chi connectivity index (χ0v) is 12.7. The summed E-state index contributed by atoms with van der Waals surface area (Å²) in [5.41, 5.74) is 1.00. The Morgan fingerprint density at radius 2 is 2.26 bits per heavy atom. The molecule has 4 nitrogen and oxygen atoms in total. The van der Waals surface area contributed by atoms with Gasteiger partial charge in [0.1, 0.15) is 0 Å². The molecule has 1 N–H and O–H groups in total. The fourth-order valence-corrected chi connectivity index (χ4v) is 2.87. The molecule has 0 bridgehead atoms. The normalized spacial score (nSPS) is 12.3. The maximum absolute atomic E-state index is 10.9. The van der Waals surface area contributed by atoms with Crippen LogP contribution < -0.4 is 5.32 Å². The van der Waals surface area contributed by atoms with Gasteiger partial charge in [0, 0.05) is 23.5 Å². The summed E-state index contributed by atoms with van der Waals surface area (Å²) in [5.74, 6) is 0. The molecule has 0 aliphatic heterocycles. The quantitative estimate of drug-likeness (QED) is 0.653. The van der Waals surface area contributed by atoms with Crippen molar-refractivity contribution < 1.29 is 4.92 Å². The van der Waals surface area contributed by atoms with Crippen LogP contribution >= 0.6 is 27.3 Å². The van der Waals surface area contributed by atoms with Crippen LogP contribution in [-0.4, -0.2) is 4.92 Å². The number of nitro benzene ring substituents is 1. The van der Waals surface area contributed by atoms with Crippen molar-refractivity contribution in [1.82, 2.24) is 5.32 Å². The summed E-state index contributed by atoms with van der Waals surface area (Å²) in [6, 6.07) is 9.52. The first-order valence-corrected chi connectivity index (χ1v) is 7.45. The first kappa shape index (κ1) is 14.2. The van der Waals surface area contributed by atoms with Gasteiger partial charge in [0.15, 0.2) is 0 Å². The number of nitrogens with one attached hydrogen (secondary N) is 1. The first-order valence-electron chi connectivity index (χ1n) is 5.77. The van der Waals surface area contributed by atoms with E-state index in [1.807, 2.05) is 17.5 Å². The Balaban J connectivity index is 2.04. The summed E-state index contributed by atoms with van der Waals surface area (Å²) in [6.07, 6.45) is 0. The maximum Gasteiger partial charge on any atom is 0.283 e. The van der Waals surface area contributed by atoms with Crippen LogP contribution in [-0.2, 0) is 6.54 Å². The van der Waals surface area contributed by atoms with Gasteiger partial charge in [-0.25, -0.2) is 0 Å². The Kier molecular flexibility index (Phi) is 4.68. The van der Waals surface area contributed by atoms with Crippen LogP contribution in [0.3, 0.4) is 0 Å². The number of hydrogen-bond acceptors (Lipinski definition) is 4. The van der Waals surface area contributed by atoms with Gasteiger partial charge < -0.3 is 5.32 Å². The van der Waals surface area contributed by atoms with Crippen molar-refractivity contribution in [3.8, 4) is 0 Å². The third-order valence-corrected chi connectivity index (χ3v) is 4.52. The summed E-state index contributed by atoms with van der Waals surface area (Å²) >= 11 is 4.88. The van der Waals surface area contributed by atoms with E-state index in [4.69, 9.17) is 0 Å². The van der Waals surface area contributed by atoms with Crippen LogP contribution in [0.5, 0.6) is 0 Å². The van der Waals surface area contributed by atoms with E-state index in [1.54, 1.807) is 23.5 Å². The van der Waals surface area contributed by atoms with Crippen LogP contribution in [0, 0.1) is 10.1 Å². The largest absolute Gasteiger partial charge is 0.305 e. The predicted octanol–water partition coefficient (Wildman–Crippen LogP) is 4.27. The number of halogens is 1. The Morgan fingerprint density at radius 1 is 1.47 bits per heavy atom. The second-order valence-corrected chi connectivity index (χ2v) is 5.99. The molecule has 1 heterocycles. The lowest BCUT2D eigenvalue weighted by atomic mass is 10.2. The van der Waals surface area contributed by atoms with Crippen LogP contribution in [0.2, 0.25) is 0 Å². The molecule has 100 valence electrons. The molecular formula is C13H13BrN2O2S. The van der Waals surface area contributed by atoms with E-state index in [-0.39, 0.29) is 16.7 Å². The molecule has 0 saturated heterocycles. The Bertz CT molecular complexity index is 572. The van der Waals surface area contributed by atoms with E-state index in [0.717, 1.165) is 5.56 Å². The summed E-state index contributed by atoms with van der Waals surface area (Å²) < 4.78 is 0.507. The summed E-state index contributed by atoms with van der Waals surface area (Å²) in [7, 11) is 0. The molecule has 1 aromatic heterocycles. The number of nitrogens with zero attached hydrogens (tertiary/aromatic N) is 1. The van der Waals surface area contributed by atoms with E-state index in [9.17, 15) is 10.1 Å². The van der Waals surface area contributed by atoms with E-state index < -0.39 is 0 Å². The highest BCUT2D eigenvalue weighted by Gasteiger charge is 2.13. The molecule has 0 aliphatic rings. The molecule has 0 fully saturated rings. The molecule has 0 spiro atoms. The van der Waals surface area contributed by atoms with Crippen molar-refractivity contribution >= 4 is 33.0 Å². The van der Waals surface area contributed by atoms with Crippen molar-refractivity contribution in [2.45, 2.75) is 19.5 Å². The smallest absolute Gasteiger partial charge is 0.283 e. The summed E-state index contributed by atoms with van der Waals surface area (Å²) in [6.45, 7) is 2.69. The maximum atomic E-state index is 10.9. The van der Waals surface area contributed by atoms with Crippen LogP contribution in [0.15, 0.2) is 40.2 Å². The highest BCUT2D eigenvalue weighted by atomic mass is 79.9. The van der Waals surface area contributed by atoms with Gasteiger partial charge in [-0.2, -0.15) is 0 Å². The molecule has 2 rings (SSSR count). The average molecular weight is 341 g/mol. The van der Waals surface area contributed by atoms with Crippen molar-refractivity contribution in [3.63, 3.8) is 0 Å². The number of rotatable bonds is 5. The molecule has 0 radical (unpaired) electrons. The molecule has 2 aromatic rings. The molecule has 0 unspecified atom stereocenters. The fraction of sp³-hybridized carbons (Fsp3) is 0.231. The lowest BCUT2D eigenvalue weighted by Crippen LogP contribution is -2.17. The van der Waals surface area contributed by atoms with E-state index in [0.29, 0.717) is 11.0 Å². The summed E-state index contributed by atoms with van der Waals surface area (Å²) in [5, 5.41) is 16.3. The summed E-state index contributed by atoms with van der Waals surface area (Å²) in [4.78, 5) is 11.7. The monoisotopic (exact) mass is 340 g/mol. The van der Waals surface area contributed by atoms with Crippen molar-refractivity contribution in [1.29, 1.82) is 0 Å². The van der Waals surface area contributed by atoms with Gasteiger partial charge in [-0.05, 0) is 45.9 Å². The Labute approximate surface area is 123 Å². The predicted molar refractivity (Wildman–Crippen MR) is 80.4 cm³/mol. The number of thiophene rings is 1. The van der Waals surface area contributed by atoms with Crippen molar-refractivity contribution in [2.24, 2.45) is 0 Å². The minimum absolute atomic E-state index is 0.100. The van der Waals surface area contributed by atoms with Crippen molar-refractivity contribution in [3.05, 3.63) is 60.7 Å². The van der Waals surface area contributed by atoms with Crippen LogP contribution in [0.1, 0.15) is 23.4 Å². The number of benzene rings is 1. The zero-order valence-electron chi connectivity index (χ0n) is 10.3. The van der Waals surface area contributed by atoms with Crippen molar-refractivity contribution in [2.75, 3.05) is 0 Å². The average Bonchev–Trinajstić information content (AvgIpc) is 2.91.